The number of hydrogen-bond acceptors (Lipinski definition) is 4. The van der Waals surface area contributed by atoms with E-state index >= 15 is 0 Å². The molecule has 0 spiro atoms. The summed E-state index contributed by atoms with van der Waals surface area (Å²) < 4.78 is 10.6. The maximum absolute atomic E-state index is 13.5. The van der Waals surface area contributed by atoms with Crippen LogP contribution in [0.5, 0.6) is 0 Å². The number of ether oxygens (including phenoxy) is 2. The zero-order valence-electron chi connectivity index (χ0n) is 21.2. The van der Waals surface area contributed by atoms with Crippen molar-refractivity contribution in [2.45, 2.75) is 52.6 Å². The monoisotopic (exact) mass is 488 g/mol. The van der Waals surface area contributed by atoms with Crippen LogP contribution in [0.2, 0.25) is 5.02 Å². The second kappa shape index (κ2) is 12.8. The first kappa shape index (κ1) is 27.7. The molecule has 0 radical (unpaired) electrons. The number of halogens is 1. The van der Waals surface area contributed by atoms with Crippen molar-refractivity contribution in [2.75, 3.05) is 38.8 Å². The van der Waals surface area contributed by atoms with Crippen LogP contribution in [-0.4, -0.2) is 56.4 Å². The van der Waals surface area contributed by atoms with E-state index in [-0.39, 0.29) is 12.5 Å². The molecular formula is C27H37ClN2O4. The highest BCUT2D eigenvalue weighted by Gasteiger charge is 2.26. The van der Waals surface area contributed by atoms with E-state index in [9.17, 15) is 9.59 Å². The van der Waals surface area contributed by atoms with E-state index in [0.29, 0.717) is 18.2 Å². The minimum absolute atomic E-state index is 0.111. The molecule has 186 valence electrons. The molecule has 0 aliphatic rings. The number of likely N-dealkylation sites (N-methyl/N-ethyl adjacent to an activating group) is 1. The van der Waals surface area contributed by atoms with E-state index in [1.165, 1.54) is 10.5 Å². The second-order valence-electron chi connectivity index (χ2n) is 9.27. The maximum atomic E-state index is 13.5. The largest absolute Gasteiger partial charge is 0.444 e. The molecule has 0 N–H and O–H groups in total. The predicted octanol–water partition coefficient (Wildman–Crippen LogP) is 6.20. The number of rotatable bonds is 10. The fraction of sp³-hybridized carbons (Fsp3) is 0.481. The SMILES string of the molecule is CCc1cccc(-c2c(Cl)cccc2N(CCCCOC)C(=O)CN(C)C(=O)OC(C)(C)C)c1. The molecule has 0 aliphatic carbocycles. The molecule has 0 aromatic heterocycles. The van der Waals surface area contributed by atoms with Gasteiger partial charge < -0.3 is 19.3 Å². The highest BCUT2D eigenvalue weighted by Crippen LogP contribution is 2.38. The summed E-state index contributed by atoms with van der Waals surface area (Å²) in [4.78, 5) is 29.0. The Morgan fingerprint density at radius 1 is 1.06 bits per heavy atom. The van der Waals surface area contributed by atoms with Gasteiger partial charge in [0, 0.05) is 32.9 Å². The molecule has 2 aromatic rings. The molecule has 0 bridgehead atoms. The van der Waals surface area contributed by atoms with E-state index < -0.39 is 11.7 Å². The number of amides is 2. The third-order valence-corrected chi connectivity index (χ3v) is 5.58. The predicted molar refractivity (Wildman–Crippen MR) is 139 cm³/mol. The lowest BCUT2D eigenvalue weighted by Crippen LogP contribution is -2.43. The van der Waals surface area contributed by atoms with Gasteiger partial charge >= 0.3 is 6.09 Å². The fourth-order valence-corrected chi connectivity index (χ4v) is 3.84. The lowest BCUT2D eigenvalue weighted by Gasteiger charge is -2.29. The first-order chi connectivity index (χ1) is 16.1. The Hall–Kier alpha value is -2.57. The van der Waals surface area contributed by atoms with Crippen molar-refractivity contribution < 1.29 is 19.1 Å². The van der Waals surface area contributed by atoms with Gasteiger partial charge in [-0.3, -0.25) is 4.79 Å². The molecule has 0 atom stereocenters. The van der Waals surface area contributed by atoms with Gasteiger partial charge in [-0.25, -0.2) is 4.79 Å². The summed E-state index contributed by atoms with van der Waals surface area (Å²) in [6.07, 6.45) is 1.91. The van der Waals surface area contributed by atoms with Crippen LogP contribution in [0.25, 0.3) is 11.1 Å². The van der Waals surface area contributed by atoms with Crippen LogP contribution in [0.4, 0.5) is 10.5 Å². The van der Waals surface area contributed by atoms with E-state index in [4.69, 9.17) is 21.1 Å². The Balaban J connectivity index is 2.41. The summed E-state index contributed by atoms with van der Waals surface area (Å²) in [6.45, 7) is 8.47. The molecule has 6 nitrogen and oxygen atoms in total. The number of anilines is 1. The normalized spacial score (nSPS) is 11.3. The molecule has 2 aromatic carbocycles. The number of benzene rings is 2. The van der Waals surface area contributed by atoms with Crippen molar-refractivity contribution in [1.82, 2.24) is 4.90 Å². The fourth-order valence-electron chi connectivity index (χ4n) is 3.56. The van der Waals surface area contributed by atoms with Crippen molar-refractivity contribution >= 4 is 29.3 Å². The van der Waals surface area contributed by atoms with Gasteiger partial charge in [0.2, 0.25) is 5.91 Å². The van der Waals surface area contributed by atoms with Gasteiger partial charge in [0.25, 0.3) is 0 Å². The van der Waals surface area contributed by atoms with Crippen molar-refractivity contribution in [2.24, 2.45) is 0 Å². The minimum atomic E-state index is -0.640. The first-order valence-corrected chi connectivity index (χ1v) is 12.1. The van der Waals surface area contributed by atoms with Crippen LogP contribution >= 0.6 is 11.6 Å². The Morgan fingerprint density at radius 2 is 1.76 bits per heavy atom. The molecule has 0 fully saturated rings. The molecule has 2 rings (SSSR count). The van der Waals surface area contributed by atoms with Crippen LogP contribution in [0.1, 0.15) is 46.1 Å². The van der Waals surface area contributed by atoms with Gasteiger partial charge in [-0.2, -0.15) is 0 Å². The number of unbranched alkanes of at least 4 members (excludes halogenated alkanes) is 1. The molecule has 7 heteroatoms. The average molecular weight is 489 g/mol. The molecule has 0 heterocycles. The molecule has 0 saturated carbocycles. The number of carbonyl (C=O) groups is 2. The Bertz CT molecular complexity index is 971. The van der Waals surface area contributed by atoms with Gasteiger partial charge in [0.15, 0.2) is 0 Å². The lowest BCUT2D eigenvalue weighted by molar-refractivity contribution is -0.119. The van der Waals surface area contributed by atoms with Crippen molar-refractivity contribution in [3.05, 3.63) is 53.1 Å². The van der Waals surface area contributed by atoms with Crippen LogP contribution in [-0.2, 0) is 20.7 Å². The van der Waals surface area contributed by atoms with Crippen LogP contribution in [0.15, 0.2) is 42.5 Å². The Labute approximate surface area is 208 Å². The number of aryl methyl sites for hydroxylation is 1. The Kier molecular flexibility index (Phi) is 10.4. The molecular weight excluding hydrogens is 452 g/mol. The van der Waals surface area contributed by atoms with Gasteiger partial charge in [-0.1, -0.05) is 48.9 Å². The van der Waals surface area contributed by atoms with E-state index in [2.05, 4.69) is 19.1 Å². The zero-order chi connectivity index (χ0) is 25.3. The third-order valence-electron chi connectivity index (χ3n) is 5.27. The van der Waals surface area contributed by atoms with Gasteiger partial charge in [-0.05, 0) is 63.3 Å². The molecule has 0 saturated heterocycles. The summed E-state index contributed by atoms with van der Waals surface area (Å²) in [5.41, 5.74) is 3.03. The van der Waals surface area contributed by atoms with Crippen molar-refractivity contribution in [1.29, 1.82) is 0 Å². The maximum Gasteiger partial charge on any atom is 0.410 e. The van der Waals surface area contributed by atoms with Crippen molar-refractivity contribution in [3.63, 3.8) is 0 Å². The highest BCUT2D eigenvalue weighted by molar-refractivity contribution is 6.34. The van der Waals surface area contributed by atoms with E-state index in [1.54, 1.807) is 39.8 Å². The van der Waals surface area contributed by atoms with Gasteiger partial charge in [0.05, 0.1) is 10.7 Å². The highest BCUT2D eigenvalue weighted by atomic mass is 35.5. The third kappa shape index (κ3) is 8.03. The minimum Gasteiger partial charge on any atom is -0.444 e. The average Bonchev–Trinajstić information content (AvgIpc) is 2.77. The summed E-state index contributed by atoms with van der Waals surface area (Å²) in [6, 6.07) is 13.8. The number of methoxy groups -OCH3 is 1. The van der Waals surface area contributed by atoms with Gasteiger partial charge in [0.1, 0.15) is 12.1 Å². The number of hydrogen-bond donors (Lipinski definition) is 0. The first-order valence-electron chi connectivity index (χ1n) is 11.7. The number of nitrogens with zero attached hydrogens (tertiary/aromatic N) is 2. The lowest BCUT2D eigenvalue weighted by atomic mass is 9.99. The Morgan fingerprint density at radius 3 is 2.41 bits per heavy atom. The smallest absolute Gasteiger partial charge is 0.410 e. The second-order valence-corrected chi connectivity index (χ2v) is 9.68. The van der Waals surface area contributed by atoms with Crippen LogP contribution < -0.4 is 4.90 Å². The molecule has 0 unspecified atom stereocenters. The summed E-state index contributed by atoms with van der Waals surface area (Å²) in [5, 5.41) is 0.570. The topological polar surface area (TPSA) is 59.1 Å². The standard InChI is InChI=1S/C27H37ClN2O4/c1-7-20-12-10-13-21(18-20)25-22(28)14-11-15-23(25)30(16-8-9-17-33-6)24(31)19-29(5)26(32)34-27(2,3)4/h10-15,18H,7-9,16-17,19H2,1-6H3. The molecule has 2 amide bonds. The molecule has 0 aliphatic heterocycles. The number of carbonyl (C=O) groups excluding carboxylic acids is 2. The van der Waals surface area contributed by atoms with E-state index in [1.807, 2.05) is 30.3 Å². The van der Waals surface area contributed by atoms with Crippen LogP contribution in [0.3, 0.4) is 0 Å². The zero-order valence-corrected chi connectivity index (χ0v) is 21.9. The van der Waals surface area contributed by atoms with E-state index in [0.717, 1.165) is 36.1 Å². The summed E-state index contributed by atoms with van der Waals surface area (Å²) >= 11 is 6.68. The van der Waals surface area contributed by atoms with Crippen molar-refractivity contribution in [3.8, 4) is 11.1 Å². The molecule has 34 heavy (non-hydrogen) atoms. The summed E-state index contributed by atoms with van der Waals surface area (Å²) in [7, 11) is 3.23. The van der Waals surface area contributed by atoms with Gasteiger partial charge in [-0.15, -0.1) is 0 Å². The quantitative estimate of drug-likeness (QED) is 0.374. The van der Waals surface area contributed by atoms with Crippen LogP contribution in [0, 0.1) is 0 Å². The summed E-state index contributed by atoms with van der Waals surface area (Å²) in [5.74, 6) is -0.207.